The van der Waals surface area contributed by atoms with E-state index in [4.69, 9.17) is 10.3 Å². The maximum absolute atomic E-state index is 13.2. The van der Waals surface area contributed by atoms with Crippen molar-refractivity contribution in [3.8, 4) is 11.5 Å². The summed E-state index contributed by atoms with van der Waals surface area (Å²) in [6.07, 6.45) is 0. The highest BCUT2D eigenvalue weighted by molar-refractivity contribution is 5.90. The first-order valence-electron chi connectivity index (χ1n) is 4.73. The molecule has 0 aliphatic heterocycles. The van der Waals surface area contributed by atoms with Gasteiger partial charge in [-0.25, -0.2) is 4.39 Å². The summed E-state index contributed by atoms with van der Waals surface area (Å²) >= 11 is 0. The van der Waals surface area contributed by atoms with Gasteiger partial charge in [-0.3, -0.25) is 4.79 Å². The maximum Gasteiger partial charge on any atom is 0.292 e. The second-order valence-corrected chi connectivity index (χ2v) is 3.24. The number of carbonyl (C=O) groups excluding carboxylic acids is 1. The van der Waals surface area contributed by atoms with Crippen LogP contribution >= 0.6 is 0 Å². The van der Waals surface area contributed by atoms with Crippen LogP contribution in [-0.2, 0) is 0 Å². The number of amides is 1. The number of nitrogen functional groups attached to an aromatic ring is 1. The average Bonchev–Trinajstić information content (AvgIpc) is 2.81. The fourth-order valence-corrected chi connectivity index (χ4v) is 1.20. The summed E-state index contributed by atoms with van der Waals surface area (Å²) in [5, 5.41) is 5.81. The van der Waals surface area contributed by atoms with Crippen molar-refractivity contribution >= 4 is 11.6 Å². The Labute approximate surface area is 95.6 Å². The molecule has 0 atom stereocenters. The van der Waals surface area contributed by atoms with E-state index in [0.29, 0.717) is 5.56 Å². The van der Waals surface area contributed by atoms with Crippen LogP contribution in [-0.4, -0.2) is 23.1 Å². The Balaban J connectivity index is 2.37. The molecular weight excluding hydrogens is 227 g/mol. The summed E-state index contributed by atoms with van der Waals surface area (Å²) in [6.45, 7) is 0. The smallest absolute Gasteiger partial charge is 0.292 e. The molecule has 0 aliphatic carbocycles. The molecular formula is C10H9FN4O2. The summed E-state index contributed by atoms with van der Waals surface area (Å²) in [5.41, 5.74) is 5.72. The van der Waals surface area contributed by atoms with Gasteiger partial charge in [0.2, 0.25) is 0 Å². The predicted molar refractivity (Wildman–Crippen MR) is 57.5 cm³/mol. The Kier molecular flexibility index (Phi) is 2.73. The second kappa shape index (κ2) is 4.20. The van der Waals surface area contributed by atoms with Crippen molar-refractivity contribution in [3.05, 3.63) is 29.8 Å². The second-order valence-electron chi connectivity index (χ2n) is 3.24. The highest BCUT2D eigenvalue weighted by atomic mass is 19.1. The normalized spacial score (nSPS) is 10.2. The molecule has 2 rings (SSSR count). The minimum atomic E-state index is -0.581. The molecule has 1 aromatic heterocycles. The quantitative estimate of drug-likeness (QED) is 0.753. The van der Waals surface area contributed by atoms with Gasteiger partial charge in [0.1, 0.15) is 5.82 Å². The third-order valence-corrected chi connectivity index (χ3v) is 2.10. The lowest BCUT2D eigenvalue weighted by atomic mass is 10.2. The van der Waals surface area contributed by atoms with Gasteiger partial charge in [-0.15, -0.1) is 0 Å². The fourth-order valence-electron chi connectivity index (χ4n) is 1.20. The zero-order chi connectivity index (χ0) is 12.4. The molecule has 17 heavy (non-hydrogen) atoms. The van der Waals surface area contributed by atoms with Crippen molar-refractivity contribution in [2.45, 2.75) is 0 Å². The lowest BCUT2D eigenvalue weighted by Crippen LogP contribution is -2.19. The standard InChI is InChI=1S/C10H9FN4O2/c1-13-9(16)8-14-10(17-15-8)5-2-3-7(12)6(11)4-5/h2-4H,12H2,1H3,(H,13,16). The highest BCUT2D eigenvalue weighted by Crippen LogP contribution is 2.21. The van der Waals surface area contributed by atoms with Crippen molar-refractivity contribution < 1.29 is 13.7 Å². The van der Waals surface area contributed by atoms with Crippen LogP contribution in [0.25, 0.3) is 11.5 Å². The van der Waals surface area contributed by atoms with Crippen LogP contribution in [0.3, 0.4) is 0 Å². The number of hydrogen-bond acceptors (Lipinski definition) is 5. The van der Waals surface area contributed by atoms with Crippen molar-refractivity contribution in [2.24, 2.45) is 0 Å². The molecule has 1 amide bonds. The first-order chi connectivity index (χ1) is 8.11. The maximum atomic E-state index is 13.2. The van der Waals surface area contributed by atoms with E-state index in [9.17, 15) is 9.18 Å². The largest absolute Gasteiger partial charge is 0.396 e. The summed E-state index contributed by atoms with van der Waals surface area (Å²) < 4.78 is 18.0. The number of benzene rings is 1. The molecule has 0 bridgehead atoms. The minimum Gasteiger partial charge on any atom is -0.396 e. The van der Waals surface area contributed by atoms with Gasteiger partial charge < -0.3 is 15.6 Å². The average molecular weight is 236 g/mol. The number of nitrogens with two attached hydrogens (primary N) is 1. The molecule has 1 heterocycles. The molecule has 0 fully saturated rings. The van der Waals surface area contributed by atoms with Gasteiger partial charge in [-0.05, 0) is 18.2 Å². The molecule has 2 aromatic rings. The summed E-state index contributed by atoms with van der Waals surface area (Å²) in [5.74, 6) is -1.11. The van der Waals surface area contributed by atoms with Crippen LogP contribution in [0, 0.1) is 5.82 Å². The van der Waals surface area contributed by atoms with Crippen molar-refractivity contribution in [2.75, 3.05) is 12.8 Å². The molecule has 0 saturated carbocycles. The summed E-state index contributed by atoms with van der Waals surface area (Å²) in [4.78, 5) is 15.0. The number of nitrogens with one attached hydrogen (secondary N) is 1. The number of aromatic nitrogens is 2. The van der Waals surface area contributed by atoms with Gasteiger partial charge in [0.25, 0.3) is 17.6 Å². The molecule has 0 aliphatic rings. The van der Waals surface area contributed by atoms with Crippen molar-refractivity contribution in [1.29, 1.82) is 0 Å². The van der Waals surface area contributed by atoms with E-state index in [1.165, 1.54) is 19.2 Å². The van der Waals surface area contributed by atoms with Crippen LogP contribution in [0.4, 0.5) is 10.1 Å². The number of rotatable bonds is 2. The predicted octanol–water partition coefficient (Wildman–Crippen LogP) is 0.818. The third-order valence-electron chi connectivity index (χ3n) is 2.10. The van der Waals surface area contributed by atoms with Gasteiger partial charge in [0.05, 0.1) is 5.69 Å². The number of hydrogen-bond donors (Lipinski definition) is 2. The number of nitrogens with zero attached hydrogens (tertiary/aromatic N) is 2. The third kappa shape index (κ3) is 2.07. The van der Waals surface area contributed by atoms with Crippen molar-refractivity contribution in [1.82, 2.24) is 15.5 Å². The zero-order valence-corrected chi connectivity index (χ0v) is 8.90. The Morgan fingerprint density at radius 3 is 2.94 bits per heavy atom. The van der Waals surface area contributed by atoms with E-state index in [1.807, 2.05) is 0 Å². The van der Waals surface area contributed by atoms with Crippen LogP contribution in [0.15, 0.2) is 22.7 Å². The Bertz CT molecular complexity index is 567. The van der Waals surface area contributed by atoms with E-state index in [2.05, 4.69) is 15.5 Å². The lowest BCUT2D eigenvalue weighted by Gasteiger charge is -1.97. The van der Waals surface area contributed by atoms with E-state index < -0.39 is 11.7 Å². The molecule has 0 spiro atoms. The molecule has 3 N–H and O–H groups in total. The molecule has 0 unspecified atom stereocenters. The molecule has 6 nitrogen and oxygen atoms in total. The van der Waals surface area contributed by atoms with E-state index in [1.54, 1.807) is 0 Å². The van der Waals surface area contributed by atoms with E-state index in [-0.39, 0.29) is 17.4 Å². The monoisotopic (exact) mass is 236 g/mol. The Morgan fingerprint density at radius 1 is 1.53 bits per heavy atom. The van der Waals surface area contributed by atoms with Crippen LogP contribution in [0.5, 0.6) is 0 Å². The van der Waals surface area contributed by atoms with Crippen LogP contribution in [0.2, 0.25) is 0 Å². The first kappa shape index (κ1) is 11.1. The molecule has 1 aromatic carbocycles. The number of halogens is 1. The minimum absolute atomic E-state index is 0.0276. The Morgan fingerprint density at radius 2 is 2.29 bits per heavy atom. The van der Waals surface area contributed by atoms with Gasteiger partial charge in [-0.1, -0.05) is 5.16 Å². The van der Waals surface area contributed by atoms with Crippen LogP contribution in [0.1, 0.15) is 10.6 Å². The Hall–Kier alpha value is -2.44. The molecule has 0 saturated heterocycles. The van der Waals surface area contributed by atoms with E-state index in [0.717, 1.165) is 6.07 Å². The van der Waals surface area contributed by atoms with Crippen LogP contribution < -0.4 is 11.1 Å². The first-order valence-corrected chi connectivity index (χ1v) is 4.73. The molecule has 7 heteroatoms. The van der Waals surface area contributed by atoms with Gasteiger partial charge in [0.15, 0.2) is 0 Å². The summed E-state index contributed by atoms with van der Waals surface area (Å²) in [7, 11) is 1.45. The molecule has 88 valence electrons. The number of carbonyl (C=O) groups is 1. The zero-order valence-electron chi connectivity index (χ0n) is 8.90. The fraction of sp³-hybridized carbons (Fsp3) is 0.100. The van der Waals surface area contributed by atoms with Gasteiger partial charge in [-0.2, -0.15) is 4.98 Å². The molecule has 0 radical (unpaired) electrons. The SMILES string of the molecule is CNC(=O)c1noc(-c2ccc(N)c(F)c2)n1. The van der Waals surface area contributed by atoms with Gasteiger partial charge >= 0.3 is 0 Å². The number of anilines is 1. The topological polar surface area (TPSA) is 94.0 Å². The summed E-state index contributed by atoms with van der Waals surface area (Å²) in [6, 6.07) is 4.07. The lowest BCUT2D eigenvalue weighted by molar-refractivity contribution is 0.0950. The highest BCUT2D eigenvalue weighted by Gasteiger charge is 2.14. The van der Waals surface area contributed by atoms with Gasteiger partial charge in [0, 0.05) is 12.6 Å². The van der Waals surface area contributed by atoms with E-state index >= 15 is 0 Å². The van der Waals surface area contributed by atoms with Crippen molar-refractivity contribution in [3.63, 3.8) is 0 Å².